The lowest BCUT2D eigenvalue weighted by Crippen LogP contribution is -2.34. The van der Waals surface area contributed by atoms with E-state index in [-0.39, 0.29) is 5.37 Å². The van der Waals surface area contributed by atoms with Crippen LogP contribution in [0.2, 0.25) is 0 Å². The average molecular weight is 422 g/mol. The molecule has 7 heteroatoms. The van der Waals surface area contributed by atoms with E-state index in [0.717, 1.165) is 30.2 Å². The number of aryl methyl sites for hydroxylation is 1. The predicted octanol–water partition coefficient (Wildman–Crippen LogP) is 5.45. The number of rotatable bonds is 9. The molecule has 0 spiro atoms. The lowest BCUT2D eigenvalue weighted by molar-refractivity contribution is -0.133. The number of hydrogen-bond donors (Lipinski definition) is 1. The summed E-state index contributed by atoms with van der Waals surface area (Å²) in [7, 11) is 0. The van der Waals surface area contributed by atoms with E-state index < -0.39 is 17.6 Å². The molecule has 1 aromatic heterocycles. The quantitative estimate of drug-likeness (QED) is 0.547. The van der Waals surface area contributed by atoms with Crippen LogP contribution < -0.4 is 0 Å². The molecule has 2 aromatic rings. The smallest absolute Gasteiger partial charge is 0.334 e. The molecule has 0 saturated heterocycles. The van der Waals surface area contributed by atoms with Gasteiger partial charge in [0, 0.05) is 11.1 Å². The van der Waals surface area contributed by atoms with Gasteiger partial charge in [0.2, 0.25) is 0 Å². The van der Waals surface area contributed by atoms with Gasteiger partial charge in [-0.05, 0) is 66.3 Å². The van der Waals surface area contributed by atoms with E-state index in [2.05, 4.69) is 4.90 Å². The number of allylic oxidation sites excluding steroid dienone is 2. The molecule has 0 radical (unpaired) electrons. The summed E-state index contributed by atoms with van der Waals surface area (Å²) in [6.45, 7) is 0.672. The summed E-state index contributed by atoms with van der Waals surface area (Å²) < 4.78 is 26.2. The number of carbonyl (C=O) groups is 1. The third-order valence-electron chi connectivity index (χ3n) is 4.41. The highest BCUT2D eigenvalue weighted by Gasteiger charge is 2.27. The molecule has 1 aliphatic rings. The number of thiophene rings is 1. The molecule has 1 N–H and O–H groups in total. The Bertz CT molecular complexity index is 865. The van der Waals surface area contributed by atoms with E-state index >= 15 is 0 Å². The molecular weight excluding hydrogens is 400 g/mol. The minimum atomic E-state index is -0.903. The monoisotopic (exact) mass is 421 g/mol. The summed E-state index contributed by atoms with van der Waals surface area (Å²) in [4.78, 5) is 14.9. The molecule has 1 aliphatic heterocycles. The maximum Gasteiger partial charge on any atom is 0.334 e. The average Bonchev–Trinajstić information content (AvgIpc) is 3.18. The van der Waals surface area contributed by atoms with Crippen LogP contribution >= 0.6 is 23.1 Å². The summed E-state index contributed by atoms with van der Waals surface area (Å²) >= 11 is 3.25. The van der Waals surface area contributed by atoms with E-state index in [9.17, 15) is 18.7 Å². The first kappa shape index (κ1) is 20.6. The van der Waals surface area contributed by atoms with Gasteiger partial charge in [-0.15, -0.1) is 23.1 Å². The molecule has 1 aromatic carbocycles. The van der Waals surface area contributed by atoms with Crippen molar-refractivity contribution in [2.24, 2.45) is 0 Å². The Balaban J connectivity index is 1.53. The van der Waals surface area contributed by atoms with Gasteiger partial charge in [-0.1, -0.05) is 12.1 Å². The summed E-state index contributed by atoms with van der Waals surface area (Å²) in [6, 6.07) is 8.02. The third kappa shape index (κ3) is 5.45. The van der Waals surface area contributed by atoms with Crippen molar-refractivity contribution >= 4 is 29.1 Å². The van der Waals surface area contributed by atoms with Crippen molar-refractivity contribution in [2.45, 2.75) is 31.2 Å². The van der Waals surface area contributed by atoms with E-state index in [0.29, 0.717) is 18.5 Å². The minimum Gasteiger partial charge on any atom is -0.478 e. The molecule has 1 atom stereocenters. The molecule has 148 valence electrons. The number of thioether (sulfide) groups is 1. The predicted molar refractivity (Wildman–Crippen MR) is 110 cm³/mol. The van der Waals surface area contributed by atoms with Crippen molar-refractivity contribution in [3.63, 3.8) is 0 Å². The van der Waals surface area contributed by atoms with Crippen molar-refractivity contribution in [1.82, 2.24) is 4.90 Å². The van der Waals surface area contributed by atoms with Gasteiger partial charge >= 0.3 is 5.97 Å². The highest BCUT2D eigenvalue weighted by atomic mass is 32.2. The van der Waals surface area contributed by atoms with Crippen molar-refractivity contribution in [3.8, 4) is 0 Å². The first-order valence-electron chi connectivity index (χ1n) is 9.00. The highest BCUT2D eigenvalue weighted by molar-refractivity contribution is 8.00. The molecule has 3 rings (SSSR count). The van der Waals surface area contributed by atoms with Crippen LogP contribution in [-0.2, 0) is 17.8 Å². The second-order valence-electron chi connectivity index (χ2n) is 6.45. The number of nitrogens with zero attached hydrogens (tertiary/aromatic N) is 1. The van der Waals surface area contributed by atoms with Gasteiger partial charge in [-0.3, -0.25) is 0 Å². The number of halogens is 2. The number of carboxylic acids is 1. The Morgan fingerprint density at radius 2 is 2.07 bits per heavy atom. The number of benzene rings is 1. The van der Waals surface area contributed by atoms with Gasteiger partial charge in [0.1, 0.15) is 5.37 Å². The Morgan fingerprint density at radius 3 is 2.79 bits per heavy atom. The van der Waals surface area contributed by atoms with Gasteiger partial charge in [0.15, 0.2) is 11.6 Å². The Kier molecular flexibility index (Phi) is 7.28. The Morgan fingerprint density at radius 1 is 1.21 bits per heavy atom. The molecule has 0 aliphatic carbocycles. The van der Waals surface area contributed by atoms with Crippen LogP contribution in [0.5, 0.6) is 0 Å². The first-order chi connectivity index (χ1) is 13.5. The maximum atomic E-state index is 13.3. The third-order valence-corrected chi connectivity index (χ3v) is 6.63. The van der Waals surface area contributed by atoms with Crippen molar-refractivity contribution in [1.29, 1.82) is 0 Å². The van der Waals surface area contributed by atoms with Gasteiger partial charge in [0.05, 0.1) is 12.1 Å². The van der Waals surface area contributed by atoms with Gasteiger partial charge in [0.25, 0.3) is 0 Å². The lowest BCUT2D eigenvalue weighted by atomic mass is 10.1. The van der Waals surface area contributed by atoms with Gasteiger partial charge < -0.3 is 10.0 Å². The molecule has 0 bridgehead atoms. The fraction of sp³-hybridized carbons (Fsp3) is 0.286. The van der Waals surface area contributed by atoms with E-state index in [1.165, 1.54) is 10.9 Å². The van der Waals surface area contributed by atoms with Crippen LogP contribution in [0.1, 0.15) is 23.3 Å². The van der Waals surface area contributed by atoms with Crippen LogP contribution in [0.3, 0.4) is 0 Å². The van der Waals surface area contributed by atoms with Crippen LogP contribution in [0.15, 0.2) is 59.6 Å². The number of aliphatic carboxylic acids is 1. The fourth-order valence-electron chi connectivity index (χ4n) is 3.00. The molecule has 0 saturated carbocycles. The van der Waals surface area contributed by atoms with Crippen LogP contribution in [0.4, 0.5) is 8.78 Å². The molecule has 0 fully saturated rings. The minimum absolute atomic E-state index is 0.243. The SMILES string of the molecule is O=C(O)C1=CC=CN(Cc2cccs2)C1SCCCCc1ccc(F)c(F)c1. The first-order valence-corrected chi connectivity index (χ1v) is 10.9. The molecular formula is C21H21F2NO2S2. The number of carboxylic acid groups (broad SMARTS) is 1. The zero-order valence-corrected chi connectivity index (χ0v) is 16.8. The number of hydrogen-bond acceptors (Lipinski definition) is 4. The second-order valence-corrected chi connectivity index (χ2v) is 8.67. The normalized spacial score (nSPS) is 16.3. The Hall–Kier alpha value is -2.12. The largest absolute Gasteiger partial charge is 0.478 e. The summed E-state index contributed by atoms with van der Waals surface area (Å²) in [5.74, 6) is -1.77. The standard InChI is InChI=1S/C21H21F2NO2S2/c22-18-9-8-15(13-19(18)23)5-1-2-11-28-20-17(21(25)26)7-3-10-24(20)14-16-6-4-12-27-16/h3-4,6-10,12-13,20H,1-2,5,11,14H2,(H,25,26). The molecule has 2 heterocycles. The second kappa shape index (κ2) is 9.89. The summed E-state index contributed by atoms with van der Waals surface area (Å²) in [5.41, 5.74) is 1.15. The van der Waals surface area contributed by atoms with Crippen molar-refractivity contribution < 1.29 is 18.7 Å². The van der Waals surface area contributed by atoms with E-state index in [1.807, 2.05) is 23.7 Å². The van der Waals surface area contributed by atoms with Gasteiger partial charge in [-0.25, -0.2) is 13.6 Å². The van der Waals surface area contributed by atoms with E-state index in [1.54, 1.807) is 41.3 Å². The zero-order valence-electron chi connectivity index (χ0n) is 15.2. The van der Waals surface area contributed by atoms with Crippen LogP contribution in [-0.4, -0.2) is 27.1 Å². The zero-order chi connectivity index (χ0) is 19.9. The highest BCUT2D eigenvalue weighted by Crippen LogP contribution is 2.30. The number of unbranched alkanes of at least 4 members (excludes halogenated alkanes) is 1. The molecule has 3 nitrogen and oxygen atoms in total. The van der Waals surface area contributed by atoms with Crippen LogP contribution in [0, 0.1) is 11.6 Å². The lowest BCUT2D eigenvalue weighted by Gasteiger charge is -2.32. The maximum absolute atomic E-state index is 13.3. The summed E-state index contributed by atoms with van der Waals surface area (Å²) in [5, 5.41) is 11.3. The van der Waals surface area contributed by atoms with E-state index in [4.69, 9.17) is 0 Å². The van der Waals surface area contributed by atoms with Crippen molar-refractivity contribution in [3.05, 3.63) is 81.7 Å². The molecule has 28 heavy (non-hydrogen) atoms. The molecule has 1 unspecified atom stereocenters. The fourth-order valence-corrected chi connectivity index (χ4v) is 5.00. The van der Waals surface area contributed by atoms with Crippen molar-refractivity contribution in [2.75, 3.05) is 5.75 Å². The Labute approximate surface area is 171 Å². The molecule has 0 amide bonds. The topological polar surface area (TPSA) is 40.5 Å². The van der Waals surface area contributed by atoms with Gasteiger partial charge in [-0.2, -0.15) is 0 Å². The summed E-state index contributed by atoms with van der Waals surface area (Å²) in [6.07, 6.45) is 7.73. The van der Waals surface area contributed by atoms with Crippen LogP contribution in [0.25, 0.3) is 0 Å².